The molecule has 0 radical (unpaired) electrons. The molecule has 0 aromatic heterocycles. The summed E-state index contributed by atoms with van der Waals surface area (Å²) in [5.74, 6) is -0.556. The summed E-state index contributed by atoms with van der Waals surface area (Å²) < 4.78 is 26.7. The first-order chi connectivity index (χ1) is 19.4. The second-order valence-electron chi connectivity index (χ2n) is 10.1. The minimum absolute atomic E-state index is 0.0344. The van der Waals surface area contributed by atoms with Crippen molar-refractivity contribution in [1.29, 1.82) is 0 Å². The first-order valence-electron chi connectivity index (χ1n) is 13.5. The van der Waals surface area contributed by atoms with Crippen molar-refractivity contribution in [3.05, 3.63) is 99.0 Å². The third kappa shape index (κ3) is 9.48. The fraction of sp³-hybridized carbons (Fsp3) is 0.355. The monoisotopic (exact) mass is 617 g/mol. The molecular formula is C31H37Cl2N3O4S. The first kappa shape index (κ1) is 32.4. The Morgan fingerprint density at radius 2 is 1.61 bits per heavy atom. The molecule has 0 saturated carbocycles. The van der Waals surface area contributed by atoms with E-state index in [-0.39, 0.29) is 37.7 Å². The Balaban J connectivity index is 1.90. The van der Waals surface area contributed by atoms with E-state index in [1.807, 2.05) is 69.3 Å². The number of nitrogens with zero attached hydrogens (tertiary/aromatic N) is 2. The van der Waals surface area contributed by atoms with Crippen LogP contribution in [-0.4, -0.2) is 50.5 Å². The molecule has 0 fully saturated rings. The minimum atomic E-state index is -3.59. The Labute approximate surface area is 253 Å². The van der Waals surface area contributed by atoms with Gasteiger partial charge in [-0.1, -0.05) is 65.7 Å². The Morgan fingerprint density at radius 3 is 2.20 bits per heavy atom. The number of anilines is 1. The number of sulfonamides is 1. The van der Waals surface area contributed by atoms with Gasteiger partial charge in [-0.15, -0.1) is 0 Å². The highest BCUT2D eigenvalue weighted by Crippen LogP contribution is 2.26. The lowest BCUT2D eigenvalue weighted by molar-refractivity contribution is -0.141. The largest absolute Gasteiger partial charge is 0.355 e. The van der Waals surface area contributed by atoms with Gasteiger partial charge in [-0.25, -0.2) is 8.42 Å². The molecule has 0 bridgehead atoms. The Hall–Kier alpha value is -3.07. The van der Waals surface area contributed by atoms with Crippen molar-refractivity contribution in [3.63, 3.8) is 0 Å². The quantitative estimate of drug-likeness (QED) is 0.257. The van der Waals surface area contributed by atoms with Crippen molar-refractivity contribution in [2.24, 2.45) is 0 Å². The van der Waals surface area contributed by atoms with Crippen LogP contribution in [0.1, 0.15) is 42.0 Å². The minimum Gasteiger partial charge on any atom is -0.355 e. The van der Waals surface area contributed by atoms with Gasteiger partial charge >= 0.3 is 0 Å². The normalized spacial score (nSPS) is 12.0. The number of likely N-dealkylation sites (N-methyl/N-ethyl adjacent to an activating group) is 1. The van der Waals surface area contributed by atoms with Crippen molar-refractivity contribution < 1.29 is 18.0 Å². The molecule has 0 aliphatic carbocycles. The maximum Gasteiger partial charge on any atom is 0.243 e. The van der Waals surface area contributed by atoms with Gasteiger partial charge in [-0.05, 0) is 73.7 Å². The van der Waals surface area contributed by atoms with Gasteiger partial charge in [-0.2, -0.15) is 0 Å². The maximum absolute atomic E-state index is 13.9. The van der Waals surface area contributed by atoms with Crippen LogP contribution in [0.3, 0.4) is 0 Å². The molecule has 1 unspecified atom stereocenters. The zero-order valence-corrected chi connectivity index (χ0v) is 26.2. The molecule has 7 nitrogen and oxygen atoms in total. The highest BCUT2D eigenvalue weighted by atomic mass is 35.5. The van der Waals surface area contributed by atoms with Crippen LogP contribution in [0.2, 0.25) is 10.0 Å². The van der Waals surface area contributed by atoms with Crippen LogP contribution in [0.5, 0.6) is 0 Å². The molecular weight excluding hydrogens is 581 g/mol. The summed E-state index contributed by atoms with van der Waals surface area (Å²) in [5, 5.41) is 3.72. The maximum atomic E-state index is 13.9. The molecule has 0 saturated heterocycles. The summed E-state index contributed by atoms with van der Waals surface area (Å²) in [4.78, 5) is 28.7. The summed E-state index contributed by atoms with van der Waals surface area (Å²) in [6.07, 6.45) is 1.76. The summed E-state index contributed by atoms with van der Waals surface area (Å²) in [5.41, 5.74) is 4.01. The van der Waals surface area contributed by atoms with Crippen molar-refractivity contribution in [2.45, 2.75) is 52.6 Å². The van der Waals surface area contributed by atoms with E-state index in [4.69, 9.17) is 23.2 Å². The Bertz CT molecular complexity index is 1450. The number of carbonyl (C=O) groups excluding carboxylic acids is 2. The second-order valence-corrected chi connectivity index (χ2v) is 12.9. The van der Waals surface area contributed by atoms with E-state index in [0.29, 0.717) is 34.3 Å². The molecule has 2 amide bonds. The highest BCUT2D eigenvalue weighted by molar-refractivity contribution is 7.92. The number of halogens is 2. The third-order valence-electron chi connectivity index (χ3n) is 6.62. The first-order valence-corrected chi connectivity index (χ1v) is 16.1. The smallest absolute Gasteiger partial charge is 0.243 e. The average molecular weight is 619 g/mol. The average Bonchev–Trinajstić information content (AvgIpc) is 2.89. The number of rotatable bonds is 13. The van der Waals surface area contributed by atoms with E-state index in [0.717, 1.165) is 22.9 Å². The van der Waals surface area contributed by atoms with Gasteiger partial charge in [0, 0.05) is 42.5 Å². The number of hydrogen-bond acceptors (Lipinski definition) is 4. The third-order valence-corrected chi connectivity index (χ3v) is 8.41. The molecule has 10 heteroatoms. The Morgan fingerprint density at radius 1 is 0.951 bits per heavy atom. The number of amides is 2. The van der Waals surface area contributed by atoms with Gasteiger partial charge in [-0.3, -0.25) is 13.9 Å². The van der Waals surface area contributed by atoms with E-state index in [9.17, 15) is 18.0 Å². The summed E-state index contributed by atoms with van der Waals surface area (Å²) in [6, 6.07) is 19.3. The highest BCUT2D eigenvalue weighted by Gasteiger charge is 2.30. The lowest BCUT2D eigenvalue weighted by atomic mass is 10.0. The molecule has 41 heavy (non-hydrogen) atoms. The fourth-order valence-electron chi connectivity index (χ4n) is 4.78. The number of hydrogen-bond donors (Lipinski definition) is 1. The fourth-order valence-corrected chi connectivity index (χ4v) is 6.20. The number of carbonyl (C=O) groups is 2. The standard InChI is InChI=1S/C31H37Cl2N3O4S/c1-5-34-31(38)29(19-24-10-7-6-8-11-24)35(21-25-13-14-26(32)20-28(25)33)30(37)12-9-15-36(41(4,39)40)27-17-22(2)16-23(3)18-27/h6-8,10-11,13-14,16-18,20,29H,5,9,12,15,19,21H2,1-4H3,(H,34,38). The topological polar surface area (TPSA) is 86.8 Å². The van der Waals surface area contributed by atoms with Gasteiger partial charge < -0.3 is 10.2 Å². The van der Waals surface area contributed by atoms with Crippen LogP contribution in [0.25, 0.3) is 0 Å². The predicted octanol–water partition coefficient (Wildman–Crippen LogP) is 5.93. The SMILES string of the molecule is CCNC(=O)C(Cc1ccccc1)N(Cc1ccc(Cl)cc1Cl)C(=O)CCCN(c1cc(C)cc(C)c1)S(C)(=O)=O. The van der Waals surface area contributed by atoms with Crippen LogP contribution in [0.4, 0.5) is 5.69 Å². The molecule has 220 valence electrons. The number of benzene rings is 3. The molecule has 3 aromatic rings. The summed E-state index contributed by atoms with van der Waals surface area (Å²) in [7, 11) is -3.59. The molecule has 0 heterocycles. The zero-order valence-electron chi connectivity index (χ0n) is 23.9. The van der Waals surface area contributed by atoms with Crippen molar-refractivity contribution in [1.82, 2.24) is 10.2 Å². The van der Waals surface area contributed by atoms with Gasteiger partial charge in [0.1, 0.15) is 6.04 Å². The van der Waals surface area contributed by atoms with Crippen molar-refractivity contribution in [3.8, 4) is 0 Å². The van der Waals surface area contributed by atoms with Crippen LogP contribution in [0.15, 0.2) is 66.7 Å². The van der Waals surface area contributed by atoms with Crippen molar-refractivity contribution in [2.75, 3.05) is 23.7 Å². The molecule has 0 spiro atoms. The predicted molar refractivity (Wildman–Crippen MR) is 167 cm³/mol. The number of nitrogens with one attached hydrogen (secondary N) is 1. The summed E-state index contributed by atoms with van der Waals surface area (Å²) in [6.45, 7) is 6.27. The number of aryl methyl sites for hydroxylation is 2. The van der Waals surface area contributed by atoms with E-state index in [1.165, 1.54) is 9.21 Å². The van der Waals surface area contributed by atoms with Gasteiger partial charge in [0.2, 0.25) is 21.8 Å². The van der Waals surface area contributed by atoms with Crippen LogP contribution < -0.4 is 9.62 Å². The van der Waals surface area contributed by atoms with E-state index in [2.05, 4.69) is 5.32 Å². The zero-order chi connectivity index (χ0) is 30.2. The van der Waals surface area contributed by atoms with Crippen LogP contribution in [-0.2, 0) is 32.6 Å². The van der Waals surface area contributed by atoms with E-state index in [1.54, 1.807) is 18.2 Å². The lowest BCUT2D eigenvalue weighted by Crippen LogP contribution is -2.50. The molecule has 0 aliphatic rings. The van der Waals surface area contributed by atoms with E-state index < -0.39 is 16.1 Å². The van der Waals surface area contributed by atoms with Gasteiger partial charge in [0.05, 0.1) is 11.9 Å². The van der Waals surface area contributed by atoms with Crippen LogP contribution in [0, 0.1) is 13.8 Å². The van der Waals surface area contributed by atoms with Crippen LogP contribution >= 0.6 is 23.2 Å². The molecule has 3 rings (SSSR count). The molecule has 1 N–H and O–H groups in total. The molecule has 0 aliphatic heterocycles. The van der Waals surface area contributed by atoms with Gasteiger partial charge in [0.25, 0.3) is 0 Å². The second kappa shape index (κ2) is 14.7. The van der Waals surface area contributed by atoms with E-state index >= 15 is 0 Å². The Kier molecular flexibility index (Phi) is 11.6. The van der Waals surface area contributed by atoms with Gasteiger partial charge in [0.15, 0.2) is 0 Å². The van der Waals surface area contributed by atoms with Crippen molar-refractivity contribution >= 4 is 50.7 Å². The lowest BCUT2D eigenvalue weighted by Gasteiger charge is -2.32. The molecule has 1 atom stereocenters. The molecule has 3 aromatic carbocycles. The summed E-state index contributed by atoms with van der Waals surface area (Å²) >= 11 is 12.6.